The molecule has 1 atom stereocenters. The predicted octanol–water partition coefficient (Wildman–Crippen LogP) is 3.10. The van der Waals surface area contributed by atoms with Crippen LogP contribution in [0.4, 0.5) is 13.2 Å². The highest BCUT2D eigenvalue weighted by molar-refractivity contribution is 14.1. The maximum absolute atomic E-state index is 15.3. The van der Waals surface area contributed by atoms with Gasteiger partial charge >= 0.3 is 5.92 Å². The molecule has 3 rings (SSSR count). The number of hydrogen-bond donors (Lipinski definition) is 1. The summed E-state index contributed by atoms with van der Waals surface area (Å²) in [6, 6.07) is 6.15. The minimum atomic E-state index is -3.92. The Morgan fingerprint density at radius 1 is 1.12 bits per heavy atom. The van der Waals surface area contributed by atoms with Crippen LogP contribution in [0.5, 0.6) is 0 Å². The van der Waals surface area contributed by atoms with E-state index in [0.717, 1.165) is 29.2 Å². The first-order chi connectivity index (χ1) is 12.2. The second kappa shape index (κ2) is 7.34. The van der Waals surface area contributed by atoms with E-state index in [1.165, 1.54) is 18.3 Å². The van der Waals surface area contributed by atoms with Crippen molar-refractivity contribution in [3.63, 3.8) is 0 Å². The van der Waals surface area contributed by atoms with Gasteiger partial charge in [-0.15, -0.1) is 5.10 Å². The van der Waals surface area contributed by atoms with Gasteiger partial charge in [0.2, 0.25) is 0 Å². The predicted molar refractivity (Wildman–Crippen MR) is 102 cm³/mol. The molecule has 6 nitrogen and oxygen atoms in total. The summed E-state index contributed by atoms with van der Waals surface area (Å²) < 4.78 is 47.2. The molecule has 0 bridgehead atoms. The third-order valence-corrected chi connectivity index (χ3v) is 5.04. The van der Waals surface area contributed by atoms with Crippen LogP contribution in [-0.4, -0.2) is 30.3 Å². The van der Waals surface area contributed by atoms with Gasteiger partial charge in [0.25, 0.3) is 0 Å². The summed E-state index contributed by atoms with van der Waals surface area (Å²) in [5.74, 6) is -4.88. The topological polar surface area (TPSA) is 76.7 Å². The highest BCUT2D eigenvalue weighted by Gasteiger charge is 2.57. The molecule has 1 N–H and O–H groups in total. The molecule has 0 radical (unpaired) electrons. The summed E-state index contributed by atoms with van der Waals surface area (Å²) in [6.45, 7) is -0.766. The zero-order valence-corrected chi connectivity index (χ0v) is 17.1. The molecule has 1 aromatic carbocycles. The van der Waals surface area contributed by atoms with Crippen molar-refractivity contribution >= 4 is 45.2 Å². The van der Waals surface area contributed by atoms with Gasteiger partial charge in [-0.2, -0.15) is 8.78 Å². The van der Waals surface area contributed by atoms with Crippen LogP contribution in [0.15, 0.2) is 42.9 Å². The normalized spacial score (nSPS) is 14.2. The van der Waals surface area contributed by atoms with Crippen molar-refractivity contribution in [2.24, 2.45) is 0 Å². The van der Waals surface area contributed by atoms with Gasteiger partial charge in [0.15, 0.2) is 5.60 Å². The molecule has 0 spiro atoms. The summed E-state index contributed by atoms with van der Waals surface area (Å²) in [4.78, 5) is 3.72. The highest BCUT2D eigenvalue weighted by Crippen LogP contribution is 2.46. The van der Waals surface area contributed by atoms with Crippen LogP contribution in [0.1, 0.15) is 11.3 Å². The Balaban J connectivity index is 2.17. The lowest BCUT2D eigenvalue weighted by molar-refractivity contribution is -0.207. The number of rotatable bonds is 5. The monoisotopic (exact) mass is 587 g/mol. The lowest BCUT2D eigenvalue weighted by Crippen LogP contribution is -2.48. The number of pyridine rings is 1. The number of halogens is 5. The molecular weight excluding hydrogens is 577 g/mol. The molecule has 0 aliphatic carbocycles. The maximum atomic E-state index is 15.3. The van der Waals surface area contributed by atoms with E-state index in [0.29, 0.717) is 7.14 Å². The maximum Gasteiger partial charge on any atom is 0.323 e. The van der Waals surface area contributed by atoms with E-state index in [2.05, 4.69) is 20.5 Å². The first-order valence-electron chi connectivity index (χ1n) is 7.12. The quantitative estimate of drug-likeness (QED) is 0.465. The average molecular weight is 587 g/mol. The van der Waals surface area contributed by atoms with E-state index in [1.54, 1.807) is 0 Å². The number of benzene rings is 1. The fourth-order valence-corrected chi connectivity index (χ4v) is 3.21. The Bertz CT molecular complexity index is 908. The van der Waals surface area contributed by atoms with Crippen molar-refractivity contribution in [2.75, 3.05) is 0 Å². The number of aliphatic hydroxyl groups is 1. The molecule has 3 aromatic rings. The Labute approximate surface area is 173 Å². The highest BCUT2D eigenvalue weighted by atomic mass is 127. The van der Waals surface area contributed by atoms with Crippen LogP contribution in [0.2, 0.25) is 0 Å². The van der Waals surface area contributed by atoms with Gasteiger partial charge in [-0.1, -0.05) is 6.07 Å². The van der Waals surface area contributed by atoms with E-state index in [4.69, 9.17) is 0 Å². The van der Waals surface area contributed by atoms with Crippen molar-refractivity contribution in [2.45, 2.75) is 18.1 Å². The van der Waals surface area contributed by atoms with Gasteiger partial charge in [0, 0.05) is 18.9 Å². The average Bonchev–Trinajstić information content (AvgIpc) is 3.07. The molecule has 0 fully saturated rings. The second-order valence-electron chi connectivity index (χ2n) is 5.43. The third-order valence-electron chi connectivity index (χ3n) is 3.73. The fraction of sp³-hybridized carbons (Fsp3) is 0.200. The van der Waals surface area contributed by atoms with Gasteiger partial charge < -0.3 is 5.11 Å². The zero-order chi connectivity index (χ0) is 18.9. The van der Waals surface area contributed by atoms with E-state index in [9.17, 15) is 9.50 Å². The second-order valence-corrected chi connectivity index (χ2v) is 7.92. The van der Waals surface area contributed by atoms with Gasteiger partial charge in [-0.25, -0.2) is 9.07 Å². The zero-order valence-electron chi connectivity index (χ0n) is 12.8. The van der Waals surface area contributed by atoms with Gasteiger partial charge in [-0.05, 0) is 79.9 Å². The molecule has 26 heavy (non-hydrogen) atoms. The molecule has 11 heteroatoms. The van der Waals surface area contributed by atoms with E-state index in [-0.39, 0.29) is 0 Å². The van der Waals surface area contributed by atoms with Gasteiger partial charge in [0.1, 0.15) is 17.8 Å². The molecule has 136 valence electrons. The number of tetrazole rings is 1. The summed E-state index contributed by atoms with van der Waals surface area (Å²) in [5, 5.41) is 21.3. The first-order valence-corrected chi connectivity index (χ1v) is 9.28. The molecule has 1 unspecified atom stereocenters. The van der Waals surface area contributed by atoms with E-state index < -0.39 is 35.1 Å². The first kappa shape index (κ1) is 19.4. The molecule has 2 heterocycles. The molecule has 2 aromatic heterocycles. The van der Waals surface area contributed by atoms with Crippen molar-refractivity contribution < 1.29 is 18.3 Å². The van der Waals surface area contributed by atoms with Crippen molar-refractivity contribution in [1.82, 2.24) is 25.2 Å². The Morgan fingerprint density at radius 2 is 1.85 bits per heavy atom. The van der Waals surface area contributed by atoms with Crippen molar-refractivity contribution in [1.29, 1.82) is 0 Å². The summed E-state index contributed by atoms with van der Waals surface area (Å²) in [6.07, 6.45) is 2.30. The number of alkyl halides is 2. The fourth-order valence-electron chi connectivity index (χ4n) is 2.44. The lowest BCUT2D eigenvalue weighted by atomic mass is 9.84. The van der Waals surface area contributed by atoms with Crippen LogP contribution in [0, 0.1) is 13.0 Å². The summed E-state index contributed by atoms with van der Waals surface area (Å²) in [5.41, 5.74) is -4.22. The molecular formula is C15H10F3I2N5O. The van der Waals surface area contributed by atoms with E-state index >= 15 is 8.78 Å². The molecule has 0 aliphatic rings. The summed E-state index contributed by atoms with van der Waals surface area (Å²) in [7, 11) is 0. The van der Waals surface area contributed by atoms with Crippen LogP contribution < -0.4 is 0 Å². The number of aromatic nitrogens is 5. The Hall–Kier alpha value is -1.35. The largest absolute Gasteiger partial charge is 0.377 e. The van der Waals surface area contributed by atoms with E-state index in [1.807, 2.05) is 45.2 Å². The summed E-state index contributed by atoms with van der Waals surface area (Å²) >= 11 is 3.77. The SMILES string of the molecule is OC(Cn1cnnn1)(c1ccc(I)cc1F)C(F)(F)c1ccc(I)cn1. The van der Waals surface area contributed by atoms with Gasteiger partial charge in [-0.3, -0.25) is 4.98 Å². The van der Waals surface area contributed by atoms with Crippen LogP contribution in [0.25, 0.3) is 0 Å². The van der Waals surface area contributed by atoms with Crippen molar-refractivity contribution in [3.8, 4) is 0 Å². The smallest absolute Gasteiger partial charge is 0.323 e. The molecule has 0 amide bonds. The lowest BCUT2D eigenvalue weighted by Gasteiger charge is -2.35. The van der Waals surface area contributed by atoms with Gasteiger partial charge in [0.05, 0.1) is 6.54 Å². The van der Waals surface area contributed by atoms with Crippen LogP contribution >= 0.6 is 45.2 Å². The third kappa shape index (κ3) is 3.55. The number of nitrogens with zero attached hydrogens (tertiary/aromatic N) is 5. The van der Waals surface area contributed by atoms with Crippen molar-refractivity contribution in [3.05, 3.63) is 67.1 Å². The number of hydrogen-bond acceptors (Lipinski definition) is 5. The van der Waals surface area contributed by atoms with Crippen LogP contribution in [0.3, 0.4) is 0 Å². The minimum Gasteiger partial charge on any atom is -0.377 e. The van der Waals surface area contributed by atoms with Crippen LogP contribution in [-0.2, 0) is 18.1 Å². The molecule has 0 aliphatic heterocycles. The minimum absolute atomic E-state index is 0.504. The molecule has 0 saturated carbocycles. The Morgan fingerprint density at radius 3 is 2.42 bits per heavy atom. The molecule has 0 saturated heterocycles. The Kier molecular flexibility index (Phi) is 5.48. The standard InChI is InChI=1S/C15H10F3I2N5O/c16-12-5-9(19)1-3-11(12)14(26,7-25-8-22-23-24-25)15(17,18)13-4-2-10(20)6-21-13/h1-6,8,26H,7H2.